The Bertz CT molecular complexity index is 545. The Labute approximate surface area is 87.9 Å². The highest BCUT2D eigenvalue weighted by Crippen LogP contribution is 2.24. The SMILES string of the molecule is O=C1NCCc2c1ccc1ccccc21. The number of benzene rings is 2. The zero-order valence-electron chi connectivity index (χ0n) is 8.29. The summed E-state index contributed by atoms with van der Waals surface area (Å²) in [6.07, 6.45) is 0.933. The first-order chi connectivity index (χ1) is 7.36. The molecule has 0 aromatic heterocycles. The molecule has 1 aliphatic rings. The molecule has 1 amide bonds. The molecule has 2 aromatic carbocycles. The lowest BCUT2D eigenvalue weighted by Crippen LogP contribution is -2.31. The monoisotopic (exact) mass is 197 g/mol. The Morgan fingerprint density at radius 2 is 1.93 bits per heavy atom. The maximum Gasteiger partial charge on any atom is 0.251 e. The number of fused-ring (bicyclic) bond motifs is 3. The van der Waals surface area contributed by atoms with Gasteiger partial charge >= 0.3 is 0 Å². The quantitative estimate of drug-likeness (QED) is 0.688. The van der Waals surface area contributed by atoms with Crippen LogP contribution in [0.1, 0.15) is 15.9 Å². The fourth-order valence-corrected chi connectivity index (χ4v) is 2.21. The summed E-state index contributed by atoms with van der Waals surface area (Å²) in [6.45, 7) is 0.750. The zero-order chi connectivity index (χ0) is 10.3. The van der Waals surface area contributed by atoms with Gasteiger partial charge in [0.25, 0.3) is 5.91 Å². The molecule has 0 saturated carbocycles. The van der Waals surface area contributed by atoms with E-state index in [0.717, 1.165) is 18.5 Å². The molecular weight excluding hydrogens is 186 g/mol. The van der Waals surface area contributed by atoms with E-state index >= 15 is 0 Å². The third-order valence-corrected chi connectivity index (χ3v) is 2.95. The molecule has 0 aliphatic carbocycles. The van der Waals surface area contributed by atoms with Crippen molar-refractivity contribution in [2.75, 3.05) is 6.54 Å². The zero-order valence-corrected chi connectivity index (χ0v) is 8.29. The molecule has 1 heterocycles. The predicted octanol–water partition coefficient (Wildman–Crippen LogP) is 2.13. The van der Waals surface area contributed by atoms with Crippen molar-refractivity contribution < 1.29 is 4.79 Å². The minimum atomic E-state index is 0.0574. The van der Waals surface area contributed by atoms with Crippen molar-refractivity contribution in [3.05, 3.63) is 47.5 Å². The Hall–Kier alpha value is -1.83. The standard InChI is InChI=1S/C13H11NO/c15-13-12-6-5-9-3-1-2-4-10(9)11(12)7-8-14-13/h1-6H,7-8H2,(H,14,15). The van der Waals surface area contributed by atoms with Gasteiger partial charge in [0, 0.05) is 12.1 Å². The Morgan fingerprint density at radius 3 is 2.87 bits per heavy atom. The van der Waals surface area contributed by atoms with Gasteiger partial charge in [0.1, 0.15) is 0 Å². The molecular formula is C13H11NO. The van der Waals surface area contributed by atoms with E-state index in [2.05, 4.69) is 17.4 Å². The van der Waals surface area contributed by atoms with Crippen molar-refractivity contribution in [2.45, 2.75) is 6.42 Å². The molecule has 0 spiro atoms. The largest absolute Gasteiger partial charge is 0.352 e. The normalized spacial score (nSPS) is 14.8. The molecule has 3 rings (SSSR count). The van der Waals surface area contributed by atoms with E-state index in [1.165, 1.54) is 16.3 Å². The maximum atomic E-state index is 11.6. The first kappa shape index (κ1) is 8.48. The number of hydrogen-bond donors (Lipinski definition) is 1. The Kier molecular flexibility index (Phi) is 1.75. The highest BCUT2D eigenvalue weighted by Gasteiger charge is 2.17. The fourth-order valence-electron chi connectivity index (χ4n) is 2.21. The number of hydrogen-bond acceptors (Lipinski definition) is 1. The minimum Gasteiger partial charge on any atom is -0.352 e. The number of amides is 1. The maximum absolute atomic E-state index is 11.6. The van der Waals surface area contributed by atoms with Crippen LogP contribution in [0.25, 0.3) is 10.8 Å². The van der Waals surface area contributed by atoms with Gasteiger partial charge in [-0.25, -0.2) is 0 Å². The van der Waals surface area contributed by atoms with Crippen LogP contribution in [0.2, 0.25) is 0 Å². The van der Waals surface area contributed by atoms with Crippen molar-refractivity contribution in [2.24, 2.45) is 0 Å². The summed E-state index contributed by atoms with van der Waals surface area (Å²) in [7, 11) is 0. The second-order valence-electron chi connectivity index (χ2n) is 3.82. The Balaban J connectivity index is 2.38. The van der Waals surface area contributed by atoms with Crippen LogP contribution >= 0.6 is 0 Å². The molecule has 15 heavy (non-hydrogen) atoms. The average Bonchev–Trinajstić information content (AvgIpc) is 2.29. The van der Waals surface area contributed by atoms with E-state index in [-0.39, 0.29) is 5.91 Å². The number of nitrogens with one attached hydrogen (secondary N) is 1. The van der Waals surface area contributed by atoms with Crippen LogP contribution in [0.4, 0.5) is 0 Å². The van der Waals surface area contributed by atoms with E-state index in [9.17, 15) is 4.79 Å². The molecule has 0 unspecified atom stereocenters. The van der Waals surface area contributed by atoms with Crippen LogP contribution in [0, 0.1) is 0 Å². The number of rotatable bonds is 0. The molecule has 0 atom stereocenters. The molecule has 1 aliphatic heterocycles. The molecule has 1 N–H and O–H groups in total. The lowest BCUT2D eigenvalue weighted by molar-refractivity contribution is 0.0946. The summed E-state index contributed by atoms with van der Waals surface area (Å²) < 4.78 is 0. The average molecular weight is 197 g/mol. The van der Waals surface area contributed by atoms with Gasteiger partial charge in [-0.05, 0) is 28.8 Å². The van der Waals surface area contributed by atoms with Crippen molar-refractivity contribution in [1.82, 2.24) is 5.32 Å². The minimum absolute atomic E-state index is 0.0574. The second-order valence-corrected chi connectivity index (χ2v) is 3.82. The number of carbonyl (C=O) groups excluding carboxylic acids is 1. The van der Waals surface area contributed by atoms with Crippen LogP contribution in [0.3, 0.4) is 0 Å². The summed E-state index contributed by atoms with van der Waals surface area (Å²) in [5.41, 5.74) is 2.02. The lowest BCUT2D eigenvalue weighted by Gasteiger charge is -2.18. The van der Waals surface area contributed by atoms with Crippen molar-refractivity contribution in [3.63, 3.8) is 0 Å². The van der Waals surface area contributed by atoms with Gasteiger partial charge in [-0.15, -0.1) is 0 Å². The summed E-state index contributed by atoms with van der Waals surface area (Å²) >= 11 is 0. The summed E-state index contributed by atoms with van der Waals surface area (Å²) in [6, 6.07) is 12.2. The van der Waals surface area contributed by atoms with E-state index in [1.807, 2.05) is 24.3 Å². The predicted molar refractivity (Wildman–Crippen MR) is 60.0 cm³/mol. The van der Waals surface area contributed by atoms with Gasteiger partial charge in [0.15, 0.2) is 0 Å². The van der Waals surface area contributed by atoms with Crippen molar-refractivity contribution in [3.8, 4) is 0 Å². The van der Waals surface area contributed by atoms with Crippen LogP contribution in [-0.2, 0) is 6.42 Å². The van der Waals surface area contributed by atoms with Gasteiger partial charge in [0.2, 0.25) is 0 Å². The van der Waals surface area contributed by atoms with Crippen molar-refractivity contribution >= 4 is 16.7 Å². The molecule has 0 radical (unpaired) electrons. The molecule has 0 saturated heterocycles. The van der Waals surface area contributed by atoms with E-state index in [0.29, 0.717) is 0 Å². The van der Waals surface area contributed by atoms with Gasteiger partial charge in [-0.3, -0.25) is 4.79 Å². The molecule has 2 nitrogen and oxygen atoms in total. The lowest BCUT2D eigenvalue weighted by atomic mass is 9.94. The first-order valence-corrected chi connectivity index (χ1v) is 5.15. The molecule has 74 valence electrons. The highest BCUT2D eigenvalue weighted by molar-refractivity contribution is 6.02. The van der Waals surface area contributed by atoms with E-state index in [1.54, 1.807) is 0 Å². The van der Waals surface area contributed by atoms with Crippen LogP contribution in [-0.4, -0.2) is 12.5 Å². The summed E-state index contributed by atoms with van der Waals surface area (Å²) in [5, 5.41) is 5.29. The highest BCUT2D eigenvalue weighted by atomic mass is 16.1. The van der Waals surface area contributed by atoms with E-state index in [4.69, 9.17) is 0 Å². The van der Waals surface area contributed by atoms with Crippen LogP contribution in [0.5, 0.6) is 0 Å². The van der Waals surface area contributed by atoms with Gasteiger partial charge in [0.05, 0.1) is 0 Å². The van der Waals surface area contributed by atoms with Crippen LogP contribution < -0.4 is 5.32 Å². The van der Waals surface area contributed by atoms with Crippen LogP contribution in [0.15, 0.2) is 36.4 Å². The third kappa shape index (κ3) is 1.22. The first-order valence-electron chi connectivity index (χ1n) is 5.15. The molecule has 2 heteroatoms. The smallest absolute Gasteiger partial charge is 0.251 e. The fraction of sp³-hybridized carbons (Fsp3) is 0.154. The topological polar surface area (TPSA) is 29.1 Å². The second kappa shape index (κ2) is 3.09. The van der Waals surface area contributed by atoms with Gasteiger partial charge in [-0.1, -0.05) is 30.3 Å². The van der Waals surface area contributed by atoms with E-state index < -0.39 is 0 Å². The Morgan fingerprint density at radius 1 is 1.07 bits per heavy atom. The molecule has 0 fully saturated rings. The summed E-state index contributed by atoms with van der Waals surface area (Å²) in [4.78, 5) is 11.6. The summed E-state index contributed by atoms with van der Waals surface area (Å²) in [5.74, 6) is 0.0574. The van der Waals surface area contributed by atoms with Gasteiger partial charge in [-0.2, -0.15) is 0 Å². The molecule has 2 aromatic rings. The van der Waals surface area contributed by atoms with Gasteiger partial charge < -0.3 is 5.32 Å². The third-order valence-electron chi connectivity index (χ3n) is 2.95. The van der Waals surface area contributed by atoms with Crippen molar-refractivity contribution in [1.29, 1.82) is 0 Å². The number of carbonyl (C=O) groups is 1. The molecule has 0 bridgehead atoms.